The highest BCUT2D eigenvalue weighted by atomic mass is 16.5. The van der Waals surface area contributed by atoms with Crippen LogP contribution in [0.3, 0.4) is 0 Å². The quantitative estimate of drug-likeness (QED) is 0.864. The number of fused-ring (bicyclic) bond motifs is 2. The molecule has 92 valence electrons. The first-order valence-corrected chi connectivity index (χ1v) is 6.67. The predicted molar refractivity (Wildman–Crippen MR) is 68.5 cm³/mol. The zero-order valence-corrected chi connectivity index (χ0v) is 10.3. The van der Waals surface area contributed by atoms with E-state index in [1.54, 1.807) is 0 Å². The number of rotatable bonds is 4. The van der Waals surface area contributed by atoms with Crippen LogP contribution in [0.1, 0.15) is 31.2 Å². The molecule has 2 aliphatic carbocycles. The fraction of sp³-hybridized carbons (Fsp3) is 0.600. The van der Waals surface area contributed by atoms with E-state index in [-0.39, 0.29) is 5.54 Å². The van der Waals surface area contributed by atoms with Gasteiger partial charge in [-0.15, -0.1) is 0 Å². The summed E-state index contributed by atoms with van der Waals surface area (Å²) in [7, 11) is 0. The van der Waals surface area contributed by atoms with Crippen molar-refractivity contribution in [1.29, 1.82) is 0 Å². The minimum Gasteiger partial charge on any atom is -0.375 e. The van der Waals surface area contributed by atoms with Crippen molar-refractivity contribution in [2.75, 3.05) is 6.61 Å². The molecule has 0 amide bonds. The summed E-state index contributed by atoms with van der Waals surface area (Å²) in [4.78, 5) is 0. The van der Waals surface area contributed by atoms with Crippen LogP contribution >= 0.6 is 0 Å². The van der Waals surface area contributed by atoms with E-state index in [0.717, 1.165) is 12.5 Å². The molecule has 0 radical (unpaired) electrons. The molecule has 2 fully saturated rings. The maximum absolute atomic E-state index is 6.48. The highest BCUT2D eigenvalue weighted by Gasteiger charge is 2.48. The molecule has 3 rings (SSSR count). The topological polar surface area (TPSA) is 35.2 Å². The second kappa shape index (κ2) is 4.43. The van der Waals surface area contributed by atoms with Crippen LogP contribution in [0, 0.1) is 11.8 Å². The van der Waals surface area contributed by atoms with Crippen LogP contribution in [-0.4, -0.2) is 12.1 Å². The molecule has 0 saturated heterocycles. The molecule has 2 aliphatic rings. The number of ether oxygens (including phenoxy) is 1. The summed E-state index contributed by atoms with van der Waals surface area (Å²) in [5.41, 5.74) is 7.69. The number of nitrogens with two attached hydrogens (primary N) is 1. The van der Waals surface area contributed by atoms with Crippen LogP contribution in [0.25, 0.3) is 0 Å². The Balaban J connectivity index is 1.52. The Hall–Kier alpha value is -0.860. The third kappa shape index (κ3) is 2.24. The Labute approximate surface area is 103 Å². The van der Waals surface area contributed by atoms with E-state index in [9.17, 15) is 0 Å². The zero-order valence-electron chi connectivity index (χ0n) is 10.3. The van der Waals surface area contributed by atoms with E-state index >= 15 is 0 Å². The molecule has 2 bridgehead atoms. The van der Waals surface area contributed by atoms with Gasteiger partial charge in [-0.3, -0.25) is 0 Å². The number of hydrogen-bond donors (Lipinski definition) is 1. The largest absolute Gasteiger partial charge is 0.375 e. The minimum absolute atomic E-state index is 0.0301. The predicted octanol–water partition coefficient (Wildman–Crippen LogP) is 2.72. The van der Waals surface area contributed by atoms with Crippen LogP contribution in [0.4, 0.5) is 0 Å². The summed E-state index contributed by atoms with van der Waals surface area (Å²) in [6, 6.07) is 10.3. The Morgan fingerprint density at radius 2 is 2.06 bits per heavy atom. The highest BCUT2D eigenvalue weighted by Crippen LogP contribution is 2.49. The van der Waals surface area contributed by atoms with E-state index in [2.05, 4.69) is 24.3 Å². The maximum Gasteiger partial charge on any atom is 0.0717 e. The average Bonchev–Trinajstić information content (AvgIpc) is 2.90. The first kappa shape index (κ1) is 11.2. The van der Waals surface area contributed by atoms with Crippen molar-refractivity contribution < 1.29 is 4.74 Å². The molecule has 0 spiro atoms. The molecule has 2 saturated carbocycles. The lowest BCUT2D eigenvalue weighted by Gasteiger charge is -2.33. The Bertz CT molecular complexity index is 378. The molecule has 3 unspecified atom stereocenters. The Kier molecular flexibility index (Phi) is 2.93. The van der Waals surface area contributed by atoms with Gasteiger partial charge >= 0.3 is 0 Å². The molecule has 3 atom stereocenters. The van der Waals surface area contributed by atoms with Gasteiger partial charge in [0.25, 0.3) is 0 Å². The second-order valence-electron chi connectivity index (χ2n) is 5.79. The van der Waals surface area contributed by atoms with Crippen LogP contribution in [0.5, 0.6) is 0 Å². The van der Waals surface area contributed by atoms with Crippen molar-refractivity contribution in [2.24, 2.45) is 17.6 Å². The lowest BCUT2D eigenvalue weighted by Crippen LogP contribution is -2.49. The highest BCUT2D eigenvalue weighted by molar-refractivity contribution is 5.13. The van der Waals surface area contributed by atoms with Crippen molar-refractivity contribution >= 4 is 0 Å². The van der Waals surface area contributed by atoms with Crippen LogP contribution in [0.15, 0.2) is 30.3 Å². The molecule has 0 heterocycles. The molecule has 1 aromatic carbocycles. The Morgan fingerprint density at radius 3 is 2.71 bits per heavy atom. The van der Waals surface area contributed by atoms with Crippen molar-refractivity contribution in [1.82, 2.24) is 0 Å². The number of benzene rings is 1. The van der Waals surface area contributed by atoms with Crippen LogP contribution in [-0.2, 0) is 11.3 Å². The van der Waals surface area contributed by atoms with E-state index in [1.165, 1.54) is 31.2 Å². The SMILES string of the molecule is NC1(COCc2ccccc2)CC2CCC1C2. The molecular weight excluding hydrogens is 210 g/mol. The van der Waals surface area contributed by atoms with Gasteiger partial charge < -0.3 is 10.5 Å². The standard InChI is InChI=1S/C15H21NO/c16-15(9-13-6-7-14(15)8-13)11-17-10-12-4-2-1-3-5-12/h1-5,13-14H,6-11,16H2. The molecule has 17 heavy (non-hydrogen) atoms. The van der Waals surface area contributed by atoms with E-state index < -0.39 is 0 Å². The van der Waals surface area contributed by atoms with Gasteiger partial charge in [-0.1, -0.05) is 36.8 Å². The molecule has 2 nitrogen and oxygen atoms in total. The van der Waals surface area contributed by atoms with Crippen molar-refractivity contribution in [3.63, 3.8) is 0 Å². The smallest absolute Gasteiger partial charge is 0.0717 e. The van der Waals surface area contributed by atoms with E-state index in [0.29, 0.717) is 12.5 Å². The van der Waals surface area contributed by atoms with Gasteiger partial charge in [-0.05, 0) is 36.7 Å². The molecule has 0 aliphatic heterocycles. The Morgan fingerprint density at radius 1 is 1.24 bits per heavy atom. The number of hydrogen-bond acceptors (Lipinski definition) is 2. The van der Waals surface area contributed by atoms with Gasteiger partial charge in [0.1, 0.15) is 0 Å². The van der Waals surface area contributed by atoms with Crippen LogP contribution in [0.2, 0.25) is 0 Å². The van der Waals surface area contributed by atoms with Crippen molar-refractivity contribution in [3.8, 4) is 0 Å². The summed E-state index contributed by atoms with van der Waals surface area (Å²) in [6.07, 6.45) is 5.22. The summed E-state index contributed by atoms with van der Waals surface area (Å²) < 4.78 is 5.83. The lowest BCUT2D eigenvalue weighted by molar-refractivity contribution is 0.0499. The van der Waals surface area contributed by atoms with Crippen LogP contribution < -0.4 is 5.73 Å². The lowest BCUT2D eigenvalue weighted by atomic mass is 9.82. The molecule has 2 heteroatoms. The van der Waals surface area contributed by atoms with Gasteiger partial charge in [-0.25, -0.2) is 0 Å². The van der Waals surface area contributed by atoms with Gasteiger partial charge in [0.2, 0.25) is 0 Å². The molecule has 2 N–H and O–H groups in total. The monoisotopic (exact) mass is 231 g/mol. The fourth-order valence-electron chi connectivity index (χ4n) is 3.60. The van der Waals surface area contributed by atoms with E-state index in [1.807, 2.05) is 6.07 Å². The summed E-state index contributed by atoms with van der Waals surface area (Å²) >= 11 is 0. The van der Waals surface area contributed by atoms with Gasteiger partial charge in [0.05, 0.1) is 13.2 Å². The molecule has 0 aromatic heterocycles. The van der Waals surface area contributed by atoms with E-state index in [4.69, 9.17) is 10.5 Å². The molecule has 1 aromatic rings. The third-order valence-corrected chi connectivity index (χ3v) is 4.51. The normalized spacial score (nSPS) is 35.4. The van der Waals surface area contributed by atoms with Gasteiger partial charge in [-0.2, -0.15) is 0 Å². The summed E-state index contributed by atoms with van der Waals surface area (Å²) in [5.74, 6) is 1.59. The third-order valence-electron chi connectivity index (χ3n) is 4.51. The first-order chi connectivity index (χ1) is 8.26. The first-order valence-electron chi connectivity index (χ1n) is 6.67. The molecular formula is C15H21NO. The summed E-state index contributed by atoms with van der Waals surface area (Å²) in [5, 5.41) is 0. The zero-order chi connectivity index (χ0) is 11.7. The summed E-state index contributed by atoms with van der Waals surface area (Å²) in [6.45, 7) is 1.42. The minimum atomic E-state index is -0.0301. The van der Waals surface area contributed by atoms with Crippen molar-refractivity contribution in [3.05, 3.63) is 35.9 Å². The fourth-order valence-corrected chi connectivity index (χ4v) is 3.60. The average molecular weight is 231 g/mol. The maximum atomic E-state index is 6.48. The van der Waals surface area contributed by atoms with Gasteiger partial charge in [0.15, 0.2) is 0 Å². The van der Waals surface area contributed by atoms with Gasteiger partial charge in [0, 0.05) is 5.54 Å². The second-order valence-corrected chi connectivity index (χ2v) is 5.79. The van der Waals surface area contributed by atoms with Crippen molar-refractivity contribution in [2.45, 2.75) is 37.8 Å².